The first-order chi connectivity index (χ1) is 8.34. The Morgan fingerprint density at radius 2 is 2.24 bits per heavy atom. The summed E-state index contributed by atoms with van der Waals surface area (Å²) in [5.41, 5.74) is 1.74. The summed E-state index contributed by atoms with van der Waals surface area (Å²) in [7, 11) is 0. The first-order valence-electron chi connectivity index (χ1n) is 5.85. The minimum absolute atomic E-state index is 0.732. The Labute approximate surface area is 108 Å². The van der Waals surface area contributed by atoms with Crippen LogP contribution in [-0.2, 0) is 0 Å². The van der Waals surface area contributed by atoms with Gasteiger partial charge in [0, 0.05) is 19.6 Å². The Balaban J connectivity index is 1.96. The standard InChI is InChI=1S/C12H14BrN3O/c13-9-3-1-4-10-11(9)17-12(15-10)16-7-2-5-14-6-8-16/h1,3-4,14H,2,5-8H2. The second-order valence-electron chi connectivity index (χ2n) is 4.18. The average Bonchev–Trinajstić information content (AvgIpc) is 2.59. The molecule has 0 unspecified atom stereocenters. The van der Waals surface area contributed by atoms with Gasteiger partial charge in [-0.05, 0) is 41.0 Å². The molecule has 0 bridgehead atoms. The minimum Gasteiger partial charge on any atom is -0.422 e. The molecule has 0 radical (unpaired) electrons. The van der Waals surface area contributed by atoms with Crippen molar-refractivity contribution in [2.45, 2.75) is 6.42 Å². The van der Waals surface area contributed by atoms with E-state index in [2.05, 4.69) is 31.1 Å². The Morgan fingerprint density at radius 3 is 3.12 bits per heavy atom. The summed E-state index contributed by atoms with van der Waals surface area (Å²) >= 11 is 3.49. The van der Waals surface area contributed by atoms with Crippen molar-refractivity contribution < 1.29 is 4.42 Å². The van der Waals surface area contributed by atoms with Crippen LogP contribution >= 0.6 is 15.9 Å². The molecule has 0 atom stereocenters. The molecule has 2 aromatic rings. The smallest absolute Gasteiger partial charge is 0.298 e. The van der Waals surface area contributed by atoms with Gasteiger partial charge in [0.25, 0.3) is 6.01 Å². The van der Waals surface area contributed by atoms with E-state index in [0.717, 1.165) is 54.2 Å². The molecule has 1 N–H and O–H groups in total. The van der Waals surface area contributed by atoms with E-state index in [1.54, 1.807) is 0 Å². The molecule has 17 heavy (non-hydrogen) atoms. The maximum Gasteiger partial charge on any atom is 0.298 e. The van der Waals surface area contributed by atoms with Gasteiger partial charge in [-0.25, -0.2) is 0 Å². The average molecular weight is 296 g/mol. The Kier molecular flexibility index (Phi) is 3.03. The van der Waals surface area contributed by atoms with E-state index in [1.807, 2.05) is 18.2 Å². The van der Waals surface area contributed by atoms with Crippen LogP contribution in [0.3, 0.4) is 0 Å². The zero-order valence-electron chi connectivity index (χ0n) is 9.45. The predicted molar refractivity (Wildman–Crippen MR) is 71.4 cm³/mol. The molecular weight excluding hydrogens is 282 g/mol. The Hall–Kier alpha value is -1.07. The summed E-state index contributed by atoms with van der Waals surface area (Å²) < 4.78 is 6.79. The summed E-state index contributed by atoms with van der Waals surface area (Å²) in [6.07, 6.45) is 1.12. The molecule has 1 aromatic carbocycles. The van der Waals surface area contributed by atoms with Gasteiger partial charge in [0.05, 0.1) is 4.47 Å². The number of hydrogen-bond donors (Lipinski definition) is 1. The lowest BCUT2D eigenvalue weighted by molar-refractivity contribution is 0.569. The van der Waals surface area contributed by atoms with Crippen LogP contribution in [0.25, 0.3) is 11.1 Å². The lowest BCUT2D eigenvalue weighted by Crippen LogP contribution is -2.27. The molecule has 1 saturated heterocycles. The number of para-hydroxylation sites is 1. The highest BCUT2D eigenvalue weighted by Crippen LogP contribution is 2.28. The van der Waals surface area contributed by atoms with Gasteiger partial charge in [-0.3, -0.25) is 0 Å². The SMILES string of the molecule is Brc1cccc2nc(N3CCCNCC3)oc12. The van der Waals surface area contributed by atoms with Gasteiger partial charge in [0.15, 0.2) is 5.58 Å². The number of anilines is 1. The summed E-state index contributed by atoms with van der Waals surface area (Å²) in [6, 6.07) is 6.66. The number of nitrogens with zero attached hydrogens (tertiary/aromatic N) is 2. The fourth-order valence-electron chi connectivity index (χ4n) is 2.08. The third-order valence-electron chi connectivity index (χ3n) is 2.97. The first-order valence-corrected chi connectivity index (χ1v) is 6.64. The number of oxazole rings is 1. The van der Waals surface area contributed by atoms with E-state index in [-0.39, 0.29) is 0 Å². The van der Waals surface area contributed by atoms with Crippen LogP contribution in [0.2, 0.25) is 0 Å². The fraction of sp³-hybridized carbons (Fsp3) is 0.417. The number of rotatable bonds is 1. The molecule has 0 saturated carbocycles. The van der Waals surface area contributed by atoms with Gasteiger partial charge in [-0.15, -0.1) is 0 Å². The van der Waals surface area contributed by atoms with Gasteiger partial charge in [0.1, 0.15) is 5.52 Å². The molecule has 1 aliphatic heterocycles. The van der Waals surface area contributed by atoms with Crippen LogP contribution in [-0.4, -0.2) is 31.2 Å². The topological polar surface area (TPSA) is 41.3 Å². The molecule has 1 aliphatic rings. The van der Waals surface area contributed by atoms with Crippen LogP contribution in [0.1, 0.15) is 6.42 Å². The van der Waals surface area contributed by atoms with E-state index in [9.17, 15) is 0 Å². The summed E-state index contributed by atoms with van der Waals surface area (Å²) in [4.78, 5) is 6.74. The quantitative estimate of drug-likeness (QED) is 0.877. The predicted octanol–water partition coefficient (Wildman–Crippen LogP) is 2.39. The summed E-state index contributed by atoms with van der Waals surface area (Å²) in [5.74, 6) is 0. The van der Waals surface area contributed by atoms with Gasteiger partial charge in [-0.1, -0.05) is 6.07 Å². The fourth-order valence-corrected chi connectivity index (χ4v) is 2.51. The van der Waals surface area contributed by atoms with Crippen LogP contribution in [0.5, 0.6) is 0 Å². The number of halogens is 1. The van der Waals surface area contributed by atoms with Crippen molar-refractivity contribution in [2.75, 3.05) is 31.1 Å². The maximum atomic E-state index is 5.83. The molecule has 0 aliphatic carbocycles. The number of hydrogen-bond acceptors (Lipinski definition) is 4. The second kappa shape index (κ2) is 4.66. The van der Waals surface area contributed by atoms with E-state index in [0.29, 0.717) is 0 Å². The second-order valence-corrected chi connectivity index (χ2v) is 5.03. The first kappa shape index (κ1) is 11.0. The molecule has 1 aromatic heterocycles. The van der Waals surface area contributed by atoms with Crippen LogP contribution in [0.4, 0.5) is 6.01 Å². The van der Waals surface area contributed by atoms with Gasteiger partial charge in [0.2, 0.25) is 0 Å². The van der Waals surface area contributed by atoms with E-state index in [1.165, 1.54) is 0 Å². The van der Waals surface area contributed by atoms with E-state index < -0.39 is 0 Å². The van der Waals surface area contributed by atoms with Crippen molar-refractivity contribution in [1.82, 2.24) is 10.3 Å². The molecule has 0 amide bonds. The van der Waals surface area contributed by atoms with E-state index in [4.69, 9.17) is 4.42 Å². The van der Waals surface area contributed by atoms with Crippen molar-refractivity contribution >= 4 is 33.0 Å². The van der Waals surface area contributed by atoms with Gasteiger partial charge < -0.3 is 14.6 Å². The zero-order chi connectivity index (χ0) is 11.7. The summed E-state index contributed by atoms with van der Waals surface area (Å²) in [6.45, 7) is 4.00. The summed E-state index contributed by atoms with van der Waals surface area (Å²) in [5, 5.41) is 3.37. The molecule has 5 heteroatoms. The highest BCUT2D eigenvalue weighted by atomic mass is 79.9. The van der Waals surface area contributed by atoms with Crippen molar-refractivity contribution in [3.8, 4) is 0 Å². The molecule has 4 nitrogen and oxygen atoms in total. The zero-order valence-corrected chi connectivity index (χ0v) is 11.0. The van der Waals surface area contributed by atoms with Crippen molar-refractivity contribution in [1.29, 1.82) is 0 Å². The number of aromatic nitrogens is 1. The Bertz CT molecular complexity index is 517. The van der Waals surface area contributed by atoms with E-state index >= 15 is 0 Å². The van der Waals surface area contributed by atoms with Gasteiger partial charge >= 0.3 is 0 Å². The van der Waals surface area contributed by atoms with Crippen molar-refractivity contribution in [2.24, 2.45) is 0 Å². The third-order valence-corrected chi connectivity index (χ3v) is 3.59. The maximum absolute atomic E-state index is 5.83. The highest BCUT2D eigenvalue weighted by molar-refractivity contribution is 9.10. The van der Waals surface area contributed by atoms with Gasteiger partial charge in [-0.2, -0.15) is 4.98 Å². The Morgan fingerprint density at radius 1 is 1.29 bits per heavy atom. The van der Waals surface area contributed by atoms with Crippen LogP contribution in [0.15, 0.2) is 27.1 Å². The molecule has 2 heterocycles. The van der Waals surface area contributed by atoms with Crippen LogP contribution in [0, 0.1) is 0 Å². The monoisotopic (exact) mass is 295 g/mol. The third kappa shape index (κ3) is 2.17. The lowest BCUT2D eigenvalue weighted by atomic mass is 10.3. The lowest BCUT2D eigenvalue weighted by Gasteiger charge is -2.16. The number of nitrogens with one attached hydrogen (secondary N) is 1. The number of fused-ring (bicyclic) bond motifs is 1. The molecule has 0 spiro atoms. The highest BCUT2D eigenvalue weighted by Gasteiger charge is 2.16. The minimum atomic E-state index is 0.732. The van der Waals surface area contributed by atoms with Crippen molar-refractivity contribution in [3.05, 3.63) is 22.7 Å². The molecule has 90 valence electrons. The molecular formula is C12H14BrN3O. The van der Waals surface area contributed by atoms with Crippen LogP contribution < -0.4 is 10.2 Å². The molecule has 3 rings (SSSR count). The largest absolute Gasteiger partial charge is 0.422 e. The molecule has 1 fully saturated rings. The number of benzene rings is 1. The normalized spacial score (nSPS) is 17.4. The van der Waals surface area contributed by atoms with Crippen molar-refractivity contribution in [3.63, 3.8) is 0 Å².